The van der Waals surface area contributed by atoms with E-state index in [0.717, 1.165) is 6.07 Å². The van der Waals surface area contributed by atoms with E-state index in [0.29, 0.717) is 17.8 Å². The smallest absolute Gasteiger partial charge is 0.255 e. The molecule has 3 rings (SSSR count). The summed E-state index contributed by atoms with van der Waals surface area (Å²) in [5.74, 6) is -5.52. The maximum atomic E-state index is 13.4. The van der Waals surface area contributed by atoms with Crippen molar-refractivity contribution >= 4 is 27.3 Å². The van der Waals surface area contributed by atoms with E-state index >= 15 is 0 Å². The van der Waals surface area contributed by atoms with Crippen LogP contribution in [0.1, 0.15) is 29.0 Å². The SMILES string of the molecule is CC(NS(=O)(=O)c1cc(C(=O)Nc2cc(F)c(F)c(F)c2)ccc1N)c1ccccn1. The molecule has 0 bridgehead atoms. The first-order chi connectivity index (χ1) is 14.6. The number of nitrogens with one attached hydrogen (secondary N) is 2. The van der Waals surface area contributed by atoms with E-state index < -0.39 is 39.4 Å². The van der Waals surface area contributed by atoms with E-state index in [-0.39, 0.29) is 21.8 Å². The number of rotatable bonds is 6. The van der Waals surface area contributed by atoms with Gasteiger partial charge in [-0.25, -0.2) is 26.3 Å². The van der Waals surface area contributed by atoms with Crippen molar-refractivity contribution in [2.45, 2.75) is 17.9 Å². The van der Waals surface area contributed by atoms with Crippen LogP contribution in [0.2, 0.25) is 0 Å². The zero-order valence-corrected chi connectivity index (χ0v) is 16.9. The lowest BCUT2D eigenvalue weighted by Gasteiger charge is -2.15. The van der Waals surface area contributed by atoms with Gasteiger partial charge in [-0.15, -0.1) is 0 Å². The molecule has 0 aliphatic heterocycles. The van der Waals surface area contributed by atoms with Gasteiger partial charge in [-0.1, -0.05) is 6.07 Å². The van der Waals surface area contributed by atoms with E-state index in [9.17, 15) is 26.4 Å². The zero-order valence-electron chi connectivity index (χ0n) is 16.1. The van der Waals surface area contributed by atoms with E-state index in [4.69, 9.17) is 5.73 Å². The van der Waals surface area contributed by atoms with Crippen LogP contribution in [-0.2, 0) is 10.0 Å². The minimum Gasteiger partial charge on any atom is -0.398 e. The maximum absolute atomic E-state index is 13.4. The molecule has 162 valence electrons. The van der Waals surface area contributed by atoms with Gasteiger partial charge in [-0.2, -0.15) is 0 Å². The van der Waals surface area contributed by atoms with Crippen LogP contribution < -0.4 is 15.8 Å². The van der Waals surface area contributed by atoms with E-state index in [2.05, 4.69) is 15.0 Å². The molecule has 1 unspecified atom stereocenters. The van der Waals surface area contributed by atoms with E-state index in [1.165, 1.54) is 18.3 Å². The number of hydrogen-bond donors (Lipinski definition) is 3. The second kappa shape index (κ2) is 8.74. The molecule has 4 N–H and O–H groups in total. The van der Waals surface area contributed by atoms with Crippen LogP contribution in [-0.4, -0.2) is 19.3 Å². The maximum Gasteiger partial charge on any atom is 0.255 e. The number of nitrogen functional groups attached to an aromatic ring is 1. The van der Waals surface area contributed by atoms with Crippen molar-refractivity contribution in [1.82, 2.24) is 9.71 Å². The molecule has 0 saturated heterocycles. The number of halogens is 3. The number of benzene rings is 2. The lowest BCUT2D eigenvalue weighted by molar-refractivity contribution is 0.102. The summed E-state index contributed by atoms with van der Waals surface area (Å²) in [7, 11) is -4.15. The Labute approximate surface area is 176 Å². The third-order valence-electron chi connectivity index (χ3n) is 4.27. The van der Waals surface area contributed by atoms with Gasteiger partial charge in [0.1, 0.15) is 4.90 Å². The van der Waals surface area contributed by atoms with Crippen LogP contribution in [0.4, 0.5) is 24.5 Å². The molecule has 31 heavy (non-hydrogen) atoms. The predicted octanol–water partition coefficient (Wildman–Crippen LogP) is 3.37. The second-order valence-electron chi connectivity index (χ2n) is 6.56. The van der Waals surface area contributed by atoms with Gasteiger partial charge in [0.05, 0.1) is 17.4 Å². The van der Waals surface area contributed by atoms with Gasteiger partial charge in [0, 0.05) is 29.6 Å². The fraction of sp³-hybridized carbons (Fsp3) is 0.100. The molecule has 0 saturated carbocycles. The topological polar surface area (TPSA) is 114 Å². The van der Waals surface area contributed by atoms with Crippen LogP contribution >= 0.6 is 0 Å². The highest BCUT2D eigenvalue weighted by molar-refractivity contribution is 7.89. The molecule has 3 aromatic rings. The molecule has 0 fully saturated rings. The van der Waals surface area contributed by atoms with Crippen LogP contribution in [0.5, 0.6) is 0 Å². The Hall–Kier alpha value is -3.44. The monoisotopic (exact) mass is 450 g/mol. The Kier molecular flexibility index (Phi) is 6.27. The Morgan fingerprint density at radius 1 is 1.06 bits per heavy atom. The Bertz CT molecular complexity index is 1210. The van der Waals surface area contributed by atoms with Crippen molar-refractivity contribution in [1.29, 1.82) is 0 Å². The van der Waals surface area contributed by atoms with Crippen LogP contribution in [0, 0.1) is 17.5 Å². The number of nitrogens with zero attached hydrogens (tertiary/aromatic N) is 1. The normalized spacial score (nSPS) is 12.4. The fourth-order valence-electron chi connectivity index (χ4n) is 2.73. The number of anilines is 2. The molecule has 0 aliphatic carbocycles. The number of carbonyl (C=O) groups is 1. The standard InChI is InChI=1S/C20H17F3N4O3S/c1-11(17-4-2-3-7-25-17)27-31(29,30)18-8-12(5-6-16(18)24)20(28)26-13-9-14(21)19(23)15(22)10-13/h2-11,27H,24H2,1H3,(H,26,28). The van der Waals surface area contributed by atoms with Crippen molar-refractivity contribution < 1.29 is 26.4 Å². The molecule has 1 amide bonds. The van der Waals surface area contributed by atoms with Gasteiger partial charge in [0.15, 0.2) is 17.5 Å². The fourth-order valence-corrected chi connectivity index (χ4v) is 4.10. The molecule has 7 nitrogen and oxygen atoms in total. The lowest BCUT2D eigenvalue weighted by Crippen LogP contribution is -2.28. The Morgan fingerprint density at radius 2 is 1.74 bits per heavy atom. The first kappa shape index (κ1) is 22.2. The number of hydrogen-bond acceptors (Lipinski definition) is 5. The summed E-state index contributed by atoms with van der Waals surface area (Å²) >= 11 is 0. The first-order valence-electron chi connectivity index (χ1n) is 8.87. The summed E-state index contributed by atoms with van der Waals surface area (Å²) in [6.07, 6.45) is 1.51. The minimum atomic E-state index is -4.15. The molecular formula is C20H17F3N4O3S. The van der Waals surface area contributed by atoms with Gasteiger partial charge in [0.2, 0.25) is 10.0 Å². The van der Waals surface area contributed by atoms with Gasteiger partial charge in [-0.05, 0) is 37.3 Å². The molecule has 0 spiro atoms. The van der Waals surface area contributed by atoms with Gasteiger partial charge < -0.3 is 11.1 Å². The Morgan fingerprint density at radius 3 is 2.35 bits per heavy atom. The molecule has 2 aromatic carbocycles. The molecule has 1 heterocycles. The molecule has 1 aromatic heterocycles. The van der Waals surface area contributed by atoms with Crippen molar-refractivity contribution in [3.8, 4) is 0 Å². The third-order valence-corrected chi connectivity index (χ3v) is 5.87. The van der Waals surface area contributed by atoms with Crippen LogP contribution in [0.25, 0.3) is 0 Å². The molecule has 11 heteroatoms. The number of amides is 1. The number of nitrogens with two attached hydrogens (primary N) is 1. The van der Waals surface area contributed by atoms with Crippen molar-refractivity contribution in [2.24, 2.45) is 0 Å². The highest BCUT2D eigenvalue weighted by Gasteiger charge is 2.23. The first-order valence-corrected chi connectivity index (χ1v) is 10.4. The van der Waals surface area contributed by atoms with Crippen molar-refractivity contribution in [2.75, 3.05) is 11.1 Å². The summed E-state index contributed by atoms with van der Waals surface area (Å²) < 4.78 is 67.8. The van der Waals surface area contributed by atoms with Crippen LogP contribution in [0.3, 0.4) is 0 Å². The quantitative estimate of drug-likeness (QED) is 0.394. The average molecular weight is 450 g/mol. The zero-order chi connectivity index (χ0) is 22.8. The third kappa shape index (κ3) is 5.01. The van der Waals surface area contributed by atoms with Crippen molar-refractivity contribution in [3.05, 3.63) is 83.4 Å². The molecule has 0 radical (unpaired) electrons. The summed E-state index contributed by atoms with van der Waals surface area (Å²) in [5, 5.41) is 2.18. The van der Waals surface area contributed by atoms with Gasteiger partial charge in [0.25, 0.3) is 5.91 Å². The molecule has 1 atom stereocenters. The number of pyridine rings is 1. The summed E-state index contributed by atoms with van der Waals surface area (Å²) in [4.78, 5) is 16.2. The van der Waals surface area contributed by atoms with E-state index in [1.54, 1.807) is 25.1 Å². The average Bonchev–Trinajstić information content (AvgIpc) is 2.72. The highest BCUT2D eigenvalue weighted by atomic mass is 32.2. The number of aromatic nitrogens is 1. The summed E-state index contributed by atoms with van der Waals surface area (Å²) in [5.41, 5.74) is 5.66. The van der Waals surface area contributed by atoms with Gasteiger partial charge >= 0.3 is 0 Å². The highest BCUT2D eigenvalue weighted by Crippen LogP contribution is 2.24. The molecule has 0 aliphatic rings. The largest absolute Gasteiger partial charge is 0.398 e. The van der Waals surface area contributed by atoms with Crippen molar-refractivity contribution in [3.63, 3.8) is 0 Å². The lowest BCUT2D eigenvalue weighted by atomic mass is 10.2. The minimum absolute atomic E-state index is 0.115. The molecular weight excluding hydrogens is 433 g/mol. The number of sulfonamides is 1. The number of carbonyl (C=O) groups excluding carboxylic acids is 1. The Balaban J connectivity index is 1.86. The van der Waals surface area contributed by atoms with Gasteiger partial charge in [-0.3, -0.25) is 9.78 Å². The van der Waals surface area contributed by atoms with E-state index in [1.807, 2.05) is 0 Å². The predicted molar refractivity (Wildman–Crippen MR) is 108 cm³/mol. The second-order valence-corrected chi connectivity index (χ2v) is 8.24. The summed E-state index contributed by atoms with van der Waals surface area (Å²) in [6, 6.07) is 9.01. The van der Waals surface area contributed by atoms with Crippen LogP contribution in [0.15, 0.2) is 59.6 Å². The summed E-state index contributed by atoms with van der Waals surface area (Å²) in [6.45, 7) is 1.59.